The first kappa shape index (κ1) is 15.5. The van der Waals surface area contributed by atoms with Gasteiger partial charge in [0, 0.05) is 29.3 Å². The van der Waals surface area contributed by atoms with Crippen LogP contribution in [0, 0.1) is 0 Å². The Labute approximate surface area is 132 Å². The Bertz CT molecular complexity index is 638. The van der Waals surface area contributed by atoms with Crippen LogP contribution in [0.4, 0.5) is 11.6 Å². The van der Waals surface area contributed by atoms with Crippen LogP contribution in [-0.4, -0.2) is 27.2 Å². The first-order valence-electron chi connectivity index (χ1n) is 6.77. The summed E-state index contributed by atoms with van der Waals surface area (Å²) in [6, 6.07) is 3.69. The Morgan fingerprint density at radius 1 is 1.48 bits per heavy atom. The minimum absolute atomic E-state index is 0.171. The van der Waals surface area contributed by atoms with Crippen molar-refractivity contribution in [1.29, 1.82) is 0 Å². The minimum atomic E-state index is -0.220. The average Bonchev–Trinajstić information content (AvgIpc) is 2.89. The van der Waals surface area contributed by atoms with Gasteiger partial charge in [-0.15, -0.1) is 0 Å². The van der Waals surface area contributed by atoms with Gasteiger partial charge in [0.25, 0.3) is 5.91 Å². The van der Waals surface area contributed by atoms with Crippen LogP contribution < -0.4 is 10.6 Å². The van der Waals surface area contributed by atoms with Gasteiger partial charge in [-0.2, -0.15) is 5.10 Å². The third kappa shape index (κ3) is 3.60. The molecule has 2 N–H and O–H groups in total. The van der Waals surface area contributed by atoms with E-state index >= 15 is 0 Å². The maximum absolute atomic E-state index is 12.5. The second-order valence-electron chi connectivity index (χ2n) is 4.79. The molecule has 2 heterocycles. The zero-order valence-electron chi connectivity index (χ0n) is 12.2. The van der Waals surface area contributed by atoms with Gasteiger partial charge in [0.05, 0.1) is 11.8 Å². The van der Waals surface area contributed by atoms with E-state index in [0.29, 0.717) is 23.7 Å². The molecule has 0 aliphatic carbocycles. The molecule has 0 aromatic carbocycles. The highest BCUT2D eigenvalue weighted by Gasteiger charge is 2.16. The van der Waals surface area contributed by atoms with Crippen molar-refractivity contribution in [1.82, 2.24) is 14.8 Å². The Morgan fingerprint density at radius 2 is 2.24 bits per heavy atom. The number of rotatable bonds is 5. The molecule has 0 radical (unpaired) electrons. The maximum atomic E-state index is 12.5. The van der Waals surface area contributed by atoms with Crippen molar-refractivity contribution >= 4 is 33.5 Å². The second-order valence-corrected chi connectivity index (χ2v) is 5.70. The number of amides is 1. The Balaban J connectivity index is 2.27. The lowest BCUT2D eigenvalue weighted by atomic mass is 10.2. The molecule has 7 heteroatoms. The van der Waals surface area contributed by atoms with E-state index in [2.05, 4.69) is 36.6 Å². The van der Waals surface area contributed by atoms with Crippen LogP contribution in [0.3, 0.4) is 0 Å². The normalized spacial score (nSPS) is 10.7. The summed E-state index contributed by atoms with van der Waals surface area (Å²) in [6.45, 7) is 6.67. The lowest BCUT2D eigenvalue weighted by Crippen LogP contribution is -2.19. The van der Waals surface area contributed by atoms with E-state index in [0.717, 1.165) is 4.47 Å². The predicted molar refractivity (Wildman–Crippen MR) is 86.7 cm³/mol. The molecule has 1 amide bonds. The first-order valence-corrected chi connectivity index (χ1v) is 7.56. The van der Waals surface area contributed by atoms with E-state index < -0.39 is 0 Å². The number of aromatic nitrogens is 3. The standard InChI is InChI=1S/C14H18BrN5O/c1-4-16-13-11(7-10(15)8-17-13)14(21)19-12-5-6-18-20(12)9(2)3/h5-9H,4H2,1-3H3,(H,16,17)(H,19,21). The smallest absolute Gasteiger partial charge is 0.260 e. The van der Waals surface area contributed by atoms with Crippen molar-refractivity contribution < 1.29 is 4.79 Å². The van der Waals surface area contributed by atoms with Gasteiger partial charge in [0.2, 0.25) is 0 Å². The van der Waals surface area contributed by atoms with E-state index in [9.17, 15) is 4.79 Å². The largest absolute Gasteiger partial charge is 0.370 e. The molecule has 0 saturated heterocycles. The predicted octanol–water partition coefficient (Wildman–Crippen LogP) is 3.31. The van der Waals surface area contributed by atoms with Crippen LogP contribution in [0.1, 0.15) is 37.2 Å². The van der Waals surface area contributed by atoms with Crippen LogP contribution in [-0.2, 0) is 0 Å². The average molecular weight is 352 g/mol. The van der Waals surface area contributed by atoms with Gasteiger partial charge in [-0.05, 0) is 42.8 Å². The van der Waals surface area contributed by atoms with Crippen molar-refractivity contribution in [3.05, 3.63) is 34.6 Å². The SMILES string of the molecule is CCNc1ncc(Br)cc1C(=O)Nc1ccnn1C(C)C. The summed E-state index contributed by atoms with van der Waals surface area (Å²) in [4.78, 5) is 16.7. The molecule has 0 aliphatic heterocycles. The summed E-state index contributed by atoms with van der Waals surface area (Å²) >= 11 is 3.34. The van der Waals surface area contributed by atoms with Gasteiger partial charge in [0.15, 0.2) is 0 Å². The Kier molecular flexibility index (Phi) is 4.95. The van der Waals surface area contributed by atoms with Crippen molar-refractivity contribution in [2.45, 2.75) is 26.8 Å². The summed E-state index contributed by atoms with van der Waals surface area (Å²) in [5.41, 5.74) is 0.489. The number of anilines is 2. The molecule has 0 fully saturated rings. The zero-order valence-corrected chi connectivity index (χ0v) is 13.8. The van der Waals surface area contributed by atoms with E-state index in [1.54, 1.807) is 29.2 Å². The molecule has 0 saturated carbocycles. The van der Waals surface area contributed by atoms with Crippen LogP contribution >= 0.6 is 15.9 Å². The number of nitrogens with zero attached hydrogens (tertiary/aromatic N) is 3. The molecule has 0 spiro atoms. The van der Waals surface area contributed by atoms with Crippen LogP contribution in [0.5, 0.6) is 0 Å². The molecule has 2 aromatic rings. The Hall–Kier alpha value is -1.89. The highest BCUT2D eigenvalue weighted by atomic mass is 79.9. The molecule has 0 atom stereocenters. The summed E-state index contributed by atoms with van der Waals surface area (Å²) in [7, 11) is 0. The number of hydrogen-bond donors (Lipinski definition) is 2. The summed E-state index contributed by atoms with van der Waals surface area (Å²) in [6.07, 6.45) is 3.33. The molecular weight excluding hydrogens is 334 g/mol. The fourth-order valence-corrected chi connectivity index (χ4v) is 2.26. The fraction of sp³-hybridized carbons (Fsp3) is 0.357. The van der Waals surface area contributed by atoms with Crippen molar-refractivity contribution in [2.24, 2.45) is 0 Å². The number of pyridine rings is 1. The summed E-state index contributed by atoms with van der Waals surface area (Å²) in [5, 5.41) is 10.2. The van der Waals surface area contributed by atoms with E-state index in [1.165, 1.54) is 0 Å². The summed E-state index contributed by atoms with van der Waals surface area (Å²) < 4.78 is 2.52. The van der Waals surface area contributed by atoms with Crippen LogP contribution in [0.25, 0.3) is 0 Å². The lowest BCUT2D eigenvalue weighted by molar-refractivity contribution is 0.102. The maximum Gasteiger partial charge on any atom is 0.260 e. The molecule has 0 bridgehead atoms. The van der Waals surface area contributed by atoms with Crippen LogP contribution in [0.15, 0.2) is 29.0 Å². The second kappa shape index (κ2) is 6.71. The quantitative estimate of drug-likeness (QED) is 0.866. The van der Waals surface area contributed by atoms with E-state index in [-0.39, 0.29) is 11.9 Å². The van der Waals surface area contributed by atoms with Crippen molar-refractivity contribution in [3.63, 3.8) is 0 Å². The van der Waals surface area contributed by atoms with Gasteiger partial charge < -0.3 is 10.6 Å². The molecule has 2 aromatic heterocycles. The third-order valence-electron chi connectivity index (χ3n) is 2.84. The fourth-order valence-electron chi connectivity index (χ4n) is 1.93. The number of carbonyl (C=O) groups excluding carboxylic acids is 1. The lowest BCUT2D eigenvalue weighted by Gasteiger charge is -2.13. The van der Waals surface area contributed by atoms with Gasteiger partial charge in [-0.25, -0.2) is 9.67 Å². The topological polar surface area (TPSA) is 71.8 Å². The zero-order chi connectivity index (χ0) is 15.4. The van der Waals surface area contributed by atoms with Gasteiger partial charge in [-0.1, -0.05) is 0 Å². The van der Waals surface area contributed by atoms with E-state index in [1.807, 2.05) is 20.8 Å². The molecular formula is C14H18BrN5O. The highest BCUT2D eigenvalue weighted by molar-refractivity contribution is 9.10. The highest BCUT2D eigenvalue weighted by Crippen LogP contribution is 2.20. The monoisotopic (exact) mass is 351 g/mol. The third-order valence-corrected chi connectivity index (χ3v) is 3.28. The molecule has 112 valence electrons. The van der Waals surface area contributed by atoms with Gasteiger partial charge >= 0.3 is 0 Å². The molecule has 0 aliphatic rings. The number of carbonyl (C=O) groups is 1. The number of halogens is 1. The van der Waals surface area contributed by atoms with E-state index in [4.69, 9.17) is 0 Å². The molecule has 2 rings (SSSR count). The van der Waals surface area contributed by atoms with Gasteiger partial charge in [0.1, 0.15) is 11.6 Å². The summed E-state index contributed by atoms with van der Waals surface area (Å²) in [5.74, 6) is 1.01. The number of nitrogens with one attached hydrogen (secondary N) is 2. The molecule has 21 heavy (non-hydrogen) atoms. The van der Waals surface area contributed by atoms with Gasteiger partial charge in [-0.3, -0.25) is 4.79 Å². The molecule has 6 nitrogen and oxygen atoms in total. The van der Waals surface area contributed by atoms with Crippen molar-refractivity contribution in [2.75, 3.05) is 17.2 Å². The van der Waals surface area contributed by atoms with Crippen molar-refractivity contribution in [3.8, 4) is 0 Å². The molecule has 0 unspecified atom stereocenters. The first-order chi connectivity index (χ1) is 10.0. The van der Waals surface area contributed by atoms with Crippen LogP contribution in [0.2, 0.25) is 0 Å². The minimum Gasteiger partial charge on any atom is -0.370 e. The Morgan fingerprint density at radius 3 is 2.90 bits per heavy atom. The number of hydrogen-bond acceptors (Lipinski definition) is 4.